The zero-order valence-corrected chi connectivity index (χ0v) is 13.3. The monoisotopic (exact) mass is 310 g/mol. The molecule has 0 saturated carbocycles. The summed E-state index contributed by atoms with van der Waals surface area (Å²) in [5.74, 6) is 0.0922. The number of aldehydes is 1. The van der Waals surface area contributed by atoms with Gasteiger partial charge in [-0.05, 0) is 55.9 Å². The maximum atomic E-state index is 11.4. The topological polar surface area (TPSA) is 54.3 Å². The summed E-state index contributed by atoms with van der Waals surface area (Å²) in [6.07, 6.45) is 4.67. The summed E-state index contributed by atoms with van der Waals surface area (Å²) in [5.41, 5.74) is 4.48. The number of aromatic nitrogens is 1. The van der Waals surface area contributed by atoms with Gasteiger partial charge in [-0.25, -0.2) is 0 Å². The number of fused-ring (bicyclic) bond motifs is 3. The van der Waals surface area contributed by atoms with Crippen LogP contribution in [0, 0.1) is 5.92 Å². The molecule has 120 valence electrons. The van der Waals surface area contributed by atoms with E-state index in [1.165, 1.54) is 16.6 Å². The van der Waals surface area contributed by atoms with Gasteiger partial charge in [-0.1, -0.05) is 24.3 Å². The minimum atomic E-state index is -0.589. The number of nitrogens with one attached hydrogen (secondary N) is 1. The van der Waals surface area contributed by atoms with Crippen LogP contribution >= 0.6 is 0 Å². The maximum absolute atomic E-state index is 11.4. The van der Waals surface area contributed by atoms with Gasteiger partial charge in [0.05, 0.1) is 5.52 Å². The van der Waals surface area contributed by atoms with E-state index in [9.17, 15) is 9.90 Å². The van der Waals surface area contributed by atoms with Gasteiger partial charge in [0.15, 0.2) is 0 Å². The Labute approximate surface area is 135 Å². The number of carbonyl (C=O) groups excluding carboxylic acids is 1. The highest BCUT2D eigenvalue weighted by molar-refractivity contribution is 5.86. The normalized spacial score (nSPS) is 27.6. The van der Waals surface area contributed by atoms with E-state index in [0.29, 0.717) is 6.42 Å². The predicted octanol–water partition coefficient (Wildman–Crippen LogP) is 2.87. The first-order valence-corrected chi connectivity index (χ1v) is 8.39. The van der Waals surface area contributed by atoms with Crippen LogP contribution in [-0.2, 0) is 11.2 Å². The average Bonchev–Trinajstić information content (AvgIpc) is 2.83. The molecule has 0 spiro atoms. The van der Waals surface area contributed by atoms with Gasteiger partial charge >= 0.3 is 0 Å². The second kappa shape index (κ2) is 5.62. The molecule has 0 amide bonds. The standard InChI is InChI=1S/C19H22N2O2/c1-2-12(11-22)13-9-16-19-15(7-8-20-16)14-5-3-4-6-17(14)21(19)18(23)10-13/h2-6,11,13,16,18,20,23H,7-10H2,1H3/t13-,16-,18-/m0/s1. The highest BCUT2D eigenvalue weighted by Crippen LogP contribution is 2.43. The highest BCUT2D eigenvalue weighted by atomic mass is 16.3. The molecule has 4 nitrogen and oxygen atoms in total. The van der Waals surface area contributed by atoms with Crippen LogP contribution in [0.5, 0.6) is 0 Å². The Hall–Kier alpha value is -1.91. The summed E-state index contributed by atoms with van der Waals surface area (Å²) in [6, 6.07) is 8.53. The van der Waals surface area contributed by atoms with Gasteiger partial charge in [-0.3, -0.25) is 4.79 Å². The molecule has 0 radical (unpaired) electrons. The minimum Gasteiger partial charge on any atom is -0.373 e. The molecule has 1 aromatic carbocycles. The number of aliphatic hydroxyl groups excluding tert-OH is 1. The van der Waals surface area contributed by atoms with Crippen molar-refractivity contribution in [1.82, 2.24) is 9.88 Å². The fraction of sp³-hybridized carbons (Fsp3) is 0.421. The second-order valence-corrected chi connectivity index (χ2v) is 6.56. The Morgan fingerprint density at radius 1 is 1.35 bits per heavy atom. The summed E-state index contributed by atoms with van der Waals surface area (Å²) in [7, 11) is 0. The Morgan fingerprint density at radius 3 is 2.96 bits per heavy atom. The summed E-state index contributed by atoms with van der Waals surface area (Å²) < 4.78 is 2.10. The third-order valence-corrected chi connectivity index (χ3v) is 5.41. The van der Waals surface area contributed by atoms with Crippen molar-refractivity contribution in [3.63, 3.8) is 0 Å². The van der Waals surface area contributed by atoms with E-state index >= 15 is 0 Å². The molecular formula is C19H22N2O2. The smallest absolute Gasteiger partial charge is 0.145 e. The minimum absolute atomic E-state index is 0.0922. The first-order chi connectivity index (χ1) is 11.2. The van der Waals surface area contributed by atoms with Crippen molar-refractivity contribution in [3.05, 3.63) is 47.2 Å². The summed E-state index contributed by atoms with van der Waals surface area (Å²) in [6.45, 7) is 2.84. The van der Waals surface area contributed by atoms with Crippen molar-refractivity contribution in [2.24, 2.45) is 5.92 Å². The molecular weight excluding hydrogens is 288 g/mol. The lowest BCUT2D eigenvalue weighted by Crippen LogP contribution is -2.31. The summed E-state index contributed by atoms with van der Waals surface area (Å²) in [4.78, 5) is 11.4. The zero-order valence-electron chi connectivity index (χ0n) is 13.3. The third kappa shape index (κ3) is 2.17. The SMILES string of the molecule is CC=C(C=O)[C@H]1C[C@@H]2NCCc3c2n(c2ccccc32)[C@@H](O)C1. The summed E-state index contributed by atoms with van der Waals surface area (Å²) >= 11 is 0. The van der Waals surface area contributed by atoms with E-state index in [4.69, 9.17) is 0 Å². The molecule has 3 atom stereocenters. The number of benzene rings is 1. The average molecular weight is 310 g/mol. The van der Waals surface area contributed by atoms with Crippen molar-refractivity contribution >= 4 is 17.2 Å². The molecule has 4 heteroatoms. The van der Waals surface area contributed by atoms with Crippen LogP contribution in [-0.4, -0.2) is 22.5 Å². The predicted molar refractivity (Wildman–Crippen MR) is 90.2 cm³/mol. The van der Waals surface area contributed by atoms with Crippen molar-refractivity contribution < 1.29 is 9.90 Å². The molecule has 4 rings (SSSR count). The highest BCUT2D eigenvalue weighted by Gasteiger charge is 2.36. The van der Waals surface area contributed by atoms with Crippen molar-refractivity contribution in [2.75, 3.05) is 6.54 Å². The van der Waals surface area contributed by atoms with Gasteiger partial charge in [-0.2, -0.15) is 0 Å². The van der Waals surface area contributed by atoms with Crippen LogP contribution in [0.3, 0.4) is 0 Å². The fourth-order valence-electron chi connectivity index (χ4n) is 4.39. The first-order valence-electron chi connectivity index (χ1n) is 8.39. The lowest BCUT2D eigenvalue weighted by atomic mass is 9.87. The number of para-hydroxylation sites is 1. The number of rotatable bonds is 2. The van der Waals surface area contributed by atoms with Crippen LogP contribution in [0.2, 0.25) is 0 Å². The fourth-order valence-corrected chi connectivity index (χ4v) is 4.39. The van der Waals surface area contributed by atoms with E-state index < -0.39 is 6.23 Å². The largest absolute Gasteiger partial charge is 0.373 e. The Balaban J connectivity index is 1.90. The van der Waals surface area contributed by atoms with E-state index in [2.05, 4.69) is 28.1 Å². The van der Waals surface area contributed by atoms with Gasteiger partial charge in [0, 0.05) is 17.1 Å². The zero-order chi connectivity index (χ0) is 16.0. The number of allylic oxidation sites excluding steroid dienone is 2. The van der Waals surface area contributed by atoms with Crippen LogP contribution in [0.15, 0.2) is 35.9 Å². The Morgan fingerprint density at radius 2 is 2.17 bits per heavy atom. The van der Waals surface area contributed by atoms with Crippen LogP contribution in [0.1, 0.15) is 43.3 Å². The molecule has 0 bridgehead atoms. The number of aliphatic hydroxyl groups is 1. The van der Waals surface area contributed by atoms with E-state index in [0.717, 1.165) is 36.8 Å². The number of carbonyl (C=O) groups is 1. The number of hydrogen-bond donors (Lipinski definition) is 2. The molecule has 3 heterocycles. The number of hydrogen-bond acceptors (Lipinski definition) is 3. The lowest BCUT2D eigenvalue weighted by molar-refractivity contribution is -0.105. The molecule has 2 aromatic rings. The molecule has 2 N–H and O–H groups in total. The van der Waals surface area contributed by atoms with E-state index in [-0.39, 0.29) is 12.0 Å². The molecule has 0 aliphatic carbocycles. The maximum Gasteiger partial charge on any atom is 0.145 e. The van der Waals surface area contributed by atoms with E-state index in [1.807, 2.05) is 19.1 Å². The van der Waals surface area contributed by atoms with Crippen molar-refractivity contribution in [3.8, 4) is 0 Å². The third-order valence-electron chi connectivity index (χ3n) is 5.41. The van der Waals surface area contributed by atoms with Crippen molar-refractivity contribution in [2.45, 2.75) is 38.5 Å². The molecule has 1 aromatic heterocycles. The quantitative estimate of drug-likeness (QED) is 0.662. The van der Waals surface area contributed by atoms with Crippen LogP contribution < -0.4 is 5.32 Å². The van der Waals surface area contributed by atoms with Crippen LogP contribution in [0.4, 0.5) is 0 Å². The molecule has 0 fully saturated rings. The summed E-state index contributed by atoms with van der Waals surface area (Å²) in [5, 5.41) is 15.7. The van der Waals surface area contributed by atoms with Gasteiger partial charge in [-0.15, -0.1) is 0 Å². The molecule has 2 aliphatic rings. The first kappa shape index (κ1) is 14.7. The van der Waals surface area contributed by atoms with Crippen LogP contribution in [0.25, 0.3) is 10.9 Å². The van der Waals surface area contributed by atoms with E-state index in [1.54, 1.807) is 0 Å². The molecule has 23 heavy (non-hydrogen) atoms. The number of nitrogens with zero attached hydrogens (tertiary/aromatic N) is 1. The van der Waals surface area contributed by atoms with Gasteiger partial charge < -0.3 is 15.0 Å². The lowest BCUT2D eigenvalue weighted by Gasteiger charge is -2.26. The second-order valence-electron chi connectivity index (χ2n) is 6.56. The Kier molecular flexibility index (Phi) is 3.58. The molecule has 0 saturated heterocycles. The molecule has 0 unspecified atom stereocenters. The molecule has 2 aliphatic heterocycles. The van der Waals surface area contributed by atoms with Gasteiger partial charge in [0.25, 0.3) is 0 Å². The van der Waals surface area contributed by atoms with Crippen molar-refractivity contribution in [1.29, 1.82) is 0 Å². The Bertz CT molecular complexity index is 790. The van der Waals surface area contributed by atoms with Gasteiger partial charge in [0.2, 0.25) is 0 Å². The van der Waals surface area contributed by atoms with Gasteiger partial charge in [0.1, 0.15) is 12.5 Å².